The molecule has 0 bridgehead atoms. The molecule has 1 N–H and O–H groups in total. The molecular formula is C17H13ClF3N3O. The van der Waals surface area contributed by atoms with Gasteiger partial charge in [0, 0.05) is 24.1 Å². The smallest absolute Gasteiger partial charge is 0.310 e. The molecule has 130 valence electrons. The standard InChI is InChI=1S/C17H13ClF3N3O/c18-9-8-14(25)23-16-15(22-13-3-1-2-10-24(13)16)11-4-6-12(7-5-11)17(19,20)21/h1-7,10H,8-9H2,(H,23,25). The first kappa shape index (κ1) is 17.3. The molecule has 2 aromatic heterocycles. The van der Waals surface area contributed by atoms with Crippen LogP contribution >= 0.6 is 11.6 Å². The van der Waals surface area contributed by atoms with E-state index in [1.807, 2.05) is 0 Å². The van der Waals surface area contributed by atoms with Crippen LogP contribution in [0.3, 0.4) is 0 Å². The number of hydrogen-bond donors (Lipinski definition) is 1. The topological polar surface area (TPSA) is 46.4 Å². The number of carbonyl (C=O) groups excluding carboxylic acids is 1. The molecule has 3 rings (SSSR count). The maximum absolute atomic E-state index is 12.7. The fourth-order valence-electron chi connectivity index (χ4n) is 2.41. The van der Waals surface area contributed by atoms with E-state index in [9.17, 15) is 18.0 Å². The fraction of sp³-hybridized carbons (Fsp3) is 0.176. The van der Waals surface area contributed by atoms with Crippen molar-refractivity contribution in [2.24, 2.45) is 0 Å². The zero-order valence-corrected chi connectivity index (χ0v) is 13.6. The largest absolute Gasteiger partial charge is 0.416 e. The SMILES string of the molecule is O=C(CCCl)Nc1c(-c2ccc(C(F)(F)F)cc2)nc2ccccn12. The summed E-state index contributed by atoms with van der Waals surface area (Å²) >= 11 is 5.58. The van der Waals surface area contributed by atoms with Crippen LogP contribution < -0.4 is 5.32 Å². The second kappa shape index (κ2) is 6.76. The lowest BCUT2D eigenvalue weighted by molar-refractivity contribution is -0.137. The van der Waals surface area contributed by atoms with Gasteiger partial charge in [0.25, 0.3) is 0 Å². The Labute approximate surface area is 146 Å². The number of halogens is 4. The predicted octanol–water partition coefficient (Wildman–Crippen LogP) is 4.59. The molecule has 2 heterocycles. The first-order chi connectivity index (χ1) is 11.9. The first-order valence-electron chi connectivity index (χ1n) is 7.40. The van der Waals surface area contributed by atoms with E-state index in [0.717, 1.165) is 12.1 Å². The van der Waals surface area contributed by atoms with Gasteiger partial charge < -0.3 is 5.32 Å². The highest BCUT2D eigenvalue weighted by atomic mass is 35.5. The summed E-state index contributed by atoms with van der Waals surface area (Å²) in [4.78, 5) is 16.4. The van der Waals surface area contributed by atoms with Crippen LogP contribution in [-0.2, 0) is 11.0 Å². The lowest BCUT2D eigenvalue weighted by Gasteiger charge is -2.09. The van der Waals surface area contributed by atoms with Crippen LogP contribution in [0.5, 0.6) is 0 Å². The summed E-state index contributed by atoms with van der Waals surface area (Å²) in [6, 6.07) is 9.94. The van der Waals surface area contributed by atoms with Gasteiger partial charge >= 0.3 is 6.18 Å². The zero-order chi connectivity index (χ0) is 18.0. The van der Waals surface area contributed by atoms with Crippen LogP contribution in [-0.4, -0.2) is 21.2 Å². The van der Waals surface area contributed by atoms with Gasteiger partial charge in [-0.25, -0.2) is 4.98 Å². The quantitative estimate of drug-likeness (QED) is 0.686. The molecule has 0 radical (unpaired) electrons. The van der Waals surface area contributed by atoms with E-state index in [4.69, 9.17) is 11.6 Å². The molecule has 0 fully saturated rings. The maximum Gasteiger partial charge on any atom is 0.416 e. The number of rotatable bonds is 4. The summed E-state index contributed by atoms with van der Waals surface area (Å²) in [6.07, 6.45) is -2.57. The second-order valence-electron chi connectivity index (χ2n) is 5.30. The summed E-state index contributed by atoms with van der Waals surface area (Å²) < 4.78 is 39.9. The summed E-state index contributed by atoms with van der Waals surface area (Å²) in [5.41, 5.74) is 0.687. The van der Waals surface area contributed by atoms with E-state index >= 15 is 0 Å². The number of hydrogen-bond acceptors (Lipinski definition) is 2. The van der Waals surface area contributed by atoms with Gasteiger partial charge in [-0.15, -0.1) is 11.6 Å². The molecule has 1 amide bonds. The van der Waals surface area contributed by atoms with Gasteiger partial charge in [-0.1, -0.05) is 18.2 Å². The molecule has 0 saturated heterocycles. The summed E-state index contributed by atoms with van der Waals surface area (Å²) in [6.45, 7) is 0. The Morgan fingerprint density at radius 2 is 1.88 bits per heavy atom. The van der Waals surface area contributed by atoms with E-state index in [0.29, 0.717) is 22.7 Å². The number of nitrogens with one attached hydrogen (secondary N) is 1. The normalized spacial score (nSPS) is 11.7. The third-order valence-corrected chi connectivity index (χ3v) is 3.78. The van der Waals surface area contributed by atoms with Gasteiger partial charge in [0.05, 0.1) is 5.56 Å². The van der Waals surface area contributed by atoms with Crippen molar-refractivity contribution < 1.29 is 18.0 Å². The van der Waals surface area contributed by atoms with Crippen molar-refractivity contribution >= 4 is 29.0 Å². The molecule has 0 unspecified atom stereocenters. The van der Waals surface area contributed by atoms with Gasteiger partial charge in [-0.05, 0) is 24.3 Å². The van der Waals surface area contributed by atoms with Gasteiger partial charge in [0.2, 0.25) is 5.91 Å². The number of alkyl halides is 4. The van der Waals surface area contributed by atoms with Crippen LogP contribution in [0.25, 0.3) is 16.9 Å². The van der Waals surface area contributed by atoms with Crippen molar-refractivity contribution in [3.63, 3.8) is 0 Å². The van der Waals surface area contributed by atoms with Crippen LogP contribution in [0, 0.1) is 0 Å². The Balaban J connectivity index is 2.07. The Morgan fingerprint density at radius 1 is 1.16 bits per heavy atom. The molecule has 0 spiro atoms. The number of carbonyl (C=O) groups is 1. The Hall–Kier alpha value is -2.54. The highest BCUT2D eigenvalue weighted by Gasteiger charge is 2.30. The van der Waals surface area contributed by atoms with Crippen molar-refractivity contribution in [3.8, 4) is 11.3 Å². The minimum atomic E-state index is -4.41. The van der Waals surface area contributed by atoms with Gasteiger partial charge in [-0.2, -0.15) is 13.2 Å². The zero-order valence-electron chi connectivity index (χ0n) is 12.8. The lowest BCUT2D eigenvalue weighted by atomic mass is 10.1. The molecule has 3 aromatic rings. The van der Waals surface area contributed by atoms with Crippen LogP contribution in [0.4, 0.5) is 19.0 Å². The number of anilines is 1. The molecule has 4 nitrogen and oxygen atoms in total. The lowest BCUT2D eigenvalue weighted by Crippen LogP contribution is -2.14. The third kappa shape index (κ3) is 3.61. The summed E-state index contributed by atoms with van der Waals surface area (Å²) in [7, 11) is 0. The van der Waals surface area contributed by atoms with Crippen molar-refractivity contribution in [2.45, 2.75) is 12.6 Å². The number of fused-ring (bicyclic) bond motifs is 1. The predicted molar refractivity (Wildman–Crippen MR) is 89.6 cm³/mol. The number of nitrogens with zero attached hydrogens (tertiary/aromatic N) is 2. The molecule has 25 heavy (non-hydrogen) atoms. The average Bonchev–Trinajstić information content (AvgIpc) is 2.93. The second-order valence-corrected chi connectivity index (χ2v) is 5.68. The molecule has 0 aliphatic rings. The molecular weight excluding hydrogens is 355 g/mol. The minimum absolute atomic E-state index is 0.119. The molecule has 0 atom stereocenters. The van der Waals surface area contributed by atoms with Crippen molar-refractivity contribution in [3.05, 3.63) is 54.2 Å². The fourth-order valence-corrected chi connectivity index (χ4v) is 2.59. The summed E-state index contributed by atoms with van der Waals surface area (Å²) in [5.74, 6) is 0.261. The number of aromatic nitrogens is 2. The highest BCUT2D eigenvalue weighted by Crippen LogP contribution is 2.33. The highest BCUT2D eigenvalue weighted by molar-refractivity contribution is 6.19. The van der Waals surface area contributed by atoms with Gasteiger partial charge in [-0.3, -0.25) is 9.20 Å². The number of amides is 1. The Bertz CT molecular complexity index is 904. The van der Waals surface area contributed by atoms with Crippen LogP contribution in [0.1, 0.15) is 12.0 Å². The maximum atomic E-state index is 12.7. The van der Waals surface area contributed by atoms with Crippen molar-refractivity contribution in [1.29, 1.82) is 0 Å². The molecule has 1 aromatic carbocycles. The van der Waals surface area contributed by atoms with E-state index in [-0.39, 0.29) is 18.2 Å². The van der Waals surface area contributed by atoms with E-state index < -0.39 is 11.7 Å². The van der Waals surface area contributed by atoms with Crippen LogP contribution in [0.2, 0.25) is 0 Å². The third-order valence-electron chi connectivity index (χ3n) is 3.59. The van der Waals surface area contributed by atoms with E-state index in [1.54, 1.807) is 28.8 Å². The molecule has 0 saturated carbocycles. The Kier molecular flexibility index (Phi) is 4.67. The first-order valence-corrected chi connectivity index (χ1v) is 7.94. The molecule has 0 aliphatic heterocycles. The van der Waals surface area contributed by atoms with Gasteiger partial charge in [0.1, 0.15) is 17.2 Å². The Morgan fingerprint density at radius 3 is 2.52 bits per heavy atom. The number of benzene rings is 1. The van der Waals surface area contributed by atoms with E-state index in [2.05, 4.69) is 10.3 Å². The summed E-state index contributed by atoms with van der Waals surface area (Å²) in [5, 5.41) is 2.73. The van der Waals surface area contributed by atoms with Crippen molar-refractivity contribution in [2.75, 3.05) is 11.2 Å². The minimum Gasteiger partial charge on any atom is -0.310 e. The van der Waals surface area contributed by atoms with Crippen LogP contribution in [0.15, 0.2) is 48.7 Å². The monoisotopic (exact) mass is 367 g/mol. The molecule has 0 aliphatic carbocycles. The number of imidazole rings is 1. The van der Waals surface area contributed by atoms with Gasteiger partial charge in [0.15, 0.2) is 0 Å². The average molecular weight is 368 g/mol. The van der Waals surface area contributed by atoms with Crippen molar-refractivity contribution in [1.82, 2.24) is 9.38 Å². The van der Waals surface area contributed by atoms with E-state index in [1.165, 1.54) is 12.1 Å². The molecule has 8 heteroatoms. The number of pyridine rings is 1.